The van der Waals surface area contributed by atoms with Gasteiger partial charge in [0.2, 0.25) is 0 Å². The highest BCUT2D eigenvalue weighted by Crippen LogP contribution is 2.42. The van der Waals surface area contributed by atoms with Crippen LogP contribution in [0, 0.1) is 0 Å². The molecule has 0 saturated heterocycles. The third-order valence-electron chi connectivity index (χ3n) is 9.17. The molecule has 0 nitrogen and oxygen atoms in total. The molecule has 2 heteroatoms. The lowest BCUT2D eigenvalue weighted by atomic mass is 9.96. The zero-order chi connectivity index (χ0) is 28.8. The maximum atomic E-state index is 2.41. The van der Waals surface area contributed by atoms with Crippen LogP contribution in [0.25, 0.3) is 94.9 Å². The molecule has 0 aliphatic rings. The lowest BCUT2D eigenvalue weighted by molar-refractivity contribution is 1.74. The third-order valence-corrected chi connectivity index (χ3v) is 11.5. The Labute approximate surface area is 262 Å². The summed E-state index contributed by atoms with van der Waals surface area (Å²) < 4.78 is 2.67. The molecular weight excluding hydrogens is 569 g/mol. The molecule has 0 saturated carbocycles. The zero-order valence-electron chi connectivity index (χ0n) is 23.7. The van der Waals surface area contributed by atoms with Gasteiger partial charge in [0.25, 0.3) is 0 Å². The van der Waals surface area contributed by atoms with Gasteiger partial charge in [-0.2, -0.15) is 0 Å². The molecule has 0 bridgehead atoms. The molecule has 0 fully saturated rings. The Morgan fingerprint density at radius 3 is 1.18 bits per heavy atom. The molecule has 0 spiro atoms. The number of hydrogen-bond acceptors (Lipinski definition) is 2. The van der Waals surface area contributed by atoms with Crippen molar-refractivity contribution >= 4 is 96.7 Å². The molecule has 0 amide bonds. The van der Waals surface area contributed by atoms with Crippen LogP contribution in [0.1, 0.15) is 0 Å². The minimum absolute atomic E-state index is 1.28. The molecule has 0 aliphatic heterocycles. The van der Waals surface area contributed by atoms with E-state index in [2.05, 4.69) is 146 Å². The smallest absolute Gasteiger partial charge is 0.0355 e. The van der Waals surface area contributed by atoms with E-state index >= 15 is 0 Å². The second kappa shape index (κ2) is 9.24. The van der Waals surface area contributed by atoms with E-state index in [9.17, 15) is 0 Å². The molecule has 204 valence electrons. The summed E-state index contributed by atoms with van der Waals surface area (Å²) in [6, 6.07) is 54.4. The number of hydrogen-bond donors (Lipinski definition) is 0. The first-order chi connectivity index (χ1) is 21.7. The molecule has 0 radical (unpaired) electrons. The van der Waals surface area contributed by atoms with Crippen molar-refractivity contribution in [3.63, 3.8) is 0 Å². The molecule has 0 aliphatic carbocycles. The molecular formula is C42H24S2. The quantitative estimate of drug-likeness (QED) is 0.175. The largest absolute Gasteiger partial charge is 0.135 e. The van der Waals surface area contributed by atoms with Crippen LogP contribution >= 0.6 is 22.7 Å². The van der Waals surface area contributed by atoms with Gasteiger partial charge in [-0.15, -0.1) is 22.7 Å². The van der Waals surface area contributed by atoms with Crippen LogP contribution in [0.5, 0.6) is 0 Å². The van der Waals surface area contributed by atoms with E-state index in [0.717, 1.165) is 0 Å². The average Bonchev–Trinajstić information content (AvgIpc) is 3.69. The van der Waals surface area contributed by atoms with Crippen molar-refractivity contribution in [2.24, 2.45) is 0 Å². The van der Waals surface area contributed by atoms with Gasteiger partial charge >= 0.3 is 0 Å². The van der Waals surface area contributed by atoms with Crippen molar-refractivity contribution in [2.75, 3.05) is 0 Å². The predicted octanol–water partition coefficient (Wildman–Crippen LogP) is 13.2. The summed E-state index contributed by atoms with van der Waals surface area (Å²) in [5, 5.41) is 15.7. The van der Waals surface area contributed by atoms with E-state index < -0.39 is 0 Å². The lowest BCUT2D eigenvalue weighted by Gasteiger charge is -2.08. The van der Waals surface area contributed by atoms with Gasteiger partial charge in [0, 0.05) is 19.2 Å². The van der Waals surface area contributed by atoms with E-state index in [1.165, 1.54) is 94.9 Å². The van der Waals surface area contributed by atoms with Crippen molar-refractivity contribution in [3.8, 4) is 20.9 Å². The fraction of sp³-hybridized carbons (Fsp3) is 0. The van der Waals surface area contributed by atoms with E-state index in [-0.39, 0.29) is 0 Å². The molecule has 0 N–H and O–H groups in total. The Bertz CT molecular complexity index is 2580. The molecule has 44 heavy (non-hydrogen) atoms. The standard InChI is InChI=1S/C42H24S2/c1-3-7-27-17-31(11-9-25(27)5-1)39-21-33-19-29-13-15-36-35(37(29)23-41(33)43-39)16-14-30-20-34-22-40(44-42(34)24-38(30)36)32-12-10-26-6-2-4-8-28(26)18-32/h1-24H. The second-order valence-corrected chi connectivity index (χ2v) is 14.0. The Hall–Kier alpha value is -5.02. The van der Waals surface area contributed by atoms with Gasteiger partial charge in [0.15, 0.2) is 0 Å². The Morgan fingerprint density at radius 2 is 0.705 bits per heavy atom. The number of rotatable bonds is 2. The molecule has 10 rings (SSSR count). The molecule has 10 aromatic rings. The van der Waals surface area contributed by atoms with Crippen LogP contribution in [0.15, 0.2) is 146 Å². The van der Waals surface area contributed by atoms with E-state index in [1.54, 1.807) is 0 Å². The molecule has 2 heterocycles. The maximum absolute atomic E-state index is 2.41. The van der Waals surface area contributed by atoms with E-state index in [4.69, 9.17) is 0 Å². The number of benzene rings is 8. The highest BCUT2D eigenvalue weighted by atomic mass is 32.1. The number of fused-ring (bicyclic) bond motifs is 9. The summed E-state index contributed by atoms with van der Waals surface area (Å²) >= 11 is 3.78. The van der Waals surface area contributed by atoms with Gasteiger partial charge in [0.1, 0.15) is 0 Å². The van der Waals surface area contributed by atoms with Gasteiger partial charge in [0.05, 0.1) is 0 Å². The van der Waals surface area contributed by atoms with Gasteiger partial charge in [-0.05, 0) is 124 Å². The first kappa shape index (κ1) is 24.4. The van der Waals surface area contributed by atoms with Crippen LogP contribution in [0.3, 0.4) is 0 Å². The summed E-state index contributed by atoms with van der Waals surface area (Å²) in [6.45, 7) is 0. The summed E-state index contributed by atoms with van der Waals surface area (Å²) in [4.78, 5) is 2.64. The predicted molar refractivity (Wildman–Crippen MR) is 196 cm³/mol. The zero-order valence-corrected chi connectivity index (χ0v) is 25.3. The fourth-order valence-electron chi connectivity index (χ4n) is 6.92. The van der Waals surface area contributed by atoms with Crippen LogP contribution in [0.4, 0.5) is 0 Å². The van der Waals surface area contributed by atoms with E-state index in [1.807, 2.05) is 22.7 Å². The van der Waals surface area contributed by atoms with Gasteiger partial charge in [-0.3, -0.25) is 0 Å². The highest BCUT2D eigenvalue weighted by Gasteiger charge is 2.12. The number of thiophene rings is 2. The normalized spacial score (nSPS) is 12.1. The van der Waals surface area contributed by atoms with Crippen molar-refractivity contribution in [1.29, 1.82) is 0 Å². The van der Waals surface area contributed by atoms with Gasteiger partial charge in [-0.1, -0.05) is 97.1 Å². The fourth-order valence-corrected chi connectivity index (χ4v) is 9.08. The van der Waals surface area contributed by atoms with Crippen LogP contribution < -0.4 is 0 Å². The van der Waals surface area contributed by atoms with Crippen LogP contribution in [0.2, 0.25) is 0 Å². The van der Waals surface area contributed by atoms with Gasteiger partial charge < -0.3 is 0 Å². The SMILES string of the molecule is c1ccc2cc(-c3cc4cc5ccc6c7cc8sc(-c9ccc%10ccccc%10c9)cc8cc7ccc6c5cc4s3)ccc2c1. The first-order valence-corrected chi connectivity index (χ1v) is 16.6. The molecule has 8 aromatic carbocycles. The monoisotopic (exact) mass is 592 g/mol. The summed E-state index contributed by atoms with van der Waals surface area (Å²) in [7, 11) is 0. The first-order valence-electron chi connectivity index (χ1n) is 15.0. The Morgan fingerprint density at radius 1 is 0.273 bits per heavy atom. The maximum Gasteiger partial charge on any atom is 0.0355 e. The van der Waals surface area contributed by atoms with Gasteiger partial charge in [-0.25, -0.2) is 0 Å². The molecule has 0 unspecified atom stereocenters. The van der Waals surface area contributed by atoms with E-state index in [0.29, 0.717) is 0 Å². The second-order valence-electron chi connectivity index (χ2n) is 11.8. The topological polar surface area (TPSA) is 0 Å². The molecule has 2 aromatic heterocycles. The molecule has 0 atom stereocenters. The Balaban J connectivity index is 1.11. The van der Waals surface area contributed by atoms with Crippen molar-refractivity contribution in [3.05, 3.63) is 146 Å². The van der Waals surface area contributed by atoms with Crippen molar-refractivity contribution in [2.45, 2.75) is 0 Å². The van der Waals surface area contributed by atoms with Crippen LogP contribution in [-0.2, 0) is 0 Å². The minimum atomic E-state index is 1.28. The minimum Gasteiger partial charge on any atom is -0.135 e. The Kier molecular flexibility index (Phi) is 5.13. The van der Waals surface area contributed by atoms with Crippen molar-refractivity contribution in [1.82, 2.24) is 0 Å². The van der Waals surface area contributed by atoms with Crippen LogP contribution in [-0.4, -0.2) is 0 Å². The summed E-state index contributed by atoms with van der Waals surface area (Å²) in [5.41, 5.74) is 2.57. The lowest BCUT2D eigenvalue weighted by Crippen LogP contribution is -1.81. The summed E-state index contributed by atoms with van der Waals surface area (Å²) in [6.07, 6.45) is 0. The van der Waals surface area contributed by atoms with Crippen molar-refractivity contribution < 1.29 is 0 Å². The highest BCUT2D eigenvalue weighted by molar-refractivity contribution is 7.22. The third kappa shape index (κ3) is 3.75. The summed E-state index contributed by atoms with van der Waals surface area (Å²) in [5.74, 6) is 0. The average molecular weight is 593 g/mol.